The molecule has 0 heterocycles. The van der Waals surface area contributed by atoms with Crippen LogP contribution in [0.4, 0.5) is 0 Å². The average molecular weight is 355 g/mol. The monoisotopic (exact) mass is 354 g/mol. The van der Waals surface area contributed by atoms with E-state index in [-0.39, 0.29) is 5.91 Å². The number of amides is 1. The summed E-state index contributed by atoms with van der Waals surface area (Å²) in [6, 6.07) is 3.55. The highest BCUT2D eigenvalue weighted by atomic mass is 35.5. The summed E-state index contributed by atoms with van der Waals surface area (Å²) in [4.78, 5) is 13.9. The van der Waals surface area contributed by atoms with Crippen LogP contribution in [0.5, 0.6) is 11.5 Å². The second-order valence-corrected chi connectivity index (χ2v) is 6.07. The normalized spacial score (nSPS) is 11.1. The summed E-state index contributed by atoms with van der Waals surface area (Å²) in [6.07, 6.45) is 5.00. The molecule has 1 aromatic rings. The van der Waals surface area contributed by atoms with Gasteiger partial charge in [0.2, 0.25) is 5.91 Å². The molecule has 6 heteroatoms. The molecule has 0 aromatic heterocycles. The van der Waals surface area contributed by atoms with Crippen molar-refractivity contribution >= 4 is 23.6 Å². The zero-order valence-electron chi connectivity index (χ0n) is 14.9. The van der Waals surface area contributed by atoms with Crippen molar-refractivity contribution in [2.24, 2.45) is 0 Å². The van der Waals surface area contributed by atoms with Gasteiger partial charge in [-0.15, -0.1) is 0 Å². The van der Waals surface area contributed by atoms with Gasteiger partial charge < -0.3 is 19.7 Å². The lowest BCUT2D eigenvalue weighted by Gasteiger charge is -2.12. The Labute approximate surface area is 149 Å². The largest absolute Gasteiger partial charge is 0.493 e. The minimum absolute atomic E-state index is 0.129. The molecule has 0 radical (unpaired) electrons. The van der Waals surface area contributed by atoms with Crippen molar-refractivity contribution in [1.82, 2.24) is 10.2 Å². The van der Waals surface area contributed by atoms with Crippen molar-refractivity contribution in [1.29, 1.82) is 0 Å². The molecule has 1 amide bonds. The fourth-order valence-electron chi connectivity index (χ4n) is 2.02. The van der Waals surface area contributed by atoms with Crippen molar-refractivity contribution in [3.05, 3.63) is 28.8 Å². The summed E-state index contributed by atoms with van der Waals surface area (Å²) in [5.74, 6) is 0.962. The number of ether oxygens (including phenoxy) is 2. The van der Waals surface area contributed by atoms with Gasteiger partial charge in [-0.2, -0.15) is 0 Å². The number of benzene rings is 1. The first kappa shape index (κ1) is 20.3. The highest BCUT2D eigenvalue weighted by Gasteiger charge is 2.11. The van der Waals surface area contributed by atoms with Crippen molar-refractivity contribution in [3.8, 4) is 11.5 Å². The van der Waals surface area contributed by atoms with Gasteiger partial charge in [-0.1, -0.05) is 18.5 Å². The molecule has 0 spiro atoms. The van der Waals surface area contributed by atoms with Crippen LogP contribution in [-0.2, 0) is 4.79 Å². The molecule has 0 aliphatic heterocycles. The van der Waals surface area contributed by atoms with Gasteiger partial charge in [-0.25, -0.2) is 0 Å². The Morgan fingerprint density at radius 2 is 2.12 bits per heavy atom. The maximum Gasteiger partial charge on any atom is 0.243 e. The Balaban J connectivity index is 2.66. The molecule has 1 aromatic carbocycles. The lowest BCUT2D eigenvalue weighted by Crippen LogP contribution is -2.25. The molecule has 0 aliphatic carbocycles. The molecule has 0 bridgehead atoms. The van der Waals surface area contributed by atoms with Gasteiger partial charge in [0.05, 0.1) is 18.7 Å². The van der Waals surface area contributed by atoms with Gasteiger partial charge in [-0.3, -0.25) is 4.79 Å². The third-order valence-electron chi connectivity index (χ3n) is 3.21. The lowest BCUT2D eigenvalue weighted by atomic mass is 10.2. The van der Waals surface area contributed by atoms with E-state index in [1.807, 2.05) is 21.0 Å². The van der Waals surface area contributed by atoms with Gasteiger partial charge in [0.1, 0.15) is 0 Å². The summed E-state index contributed by atoms with van der Waals surface area (Å²) in [7, 11) is 5.58. The minimum atomic E-state index is -0.129. The standard InChI is InChI=1S/C18H27ClN2O3/c1-5-11-24-18-15(19)12-14(13-16(18)23-4)7-8-17(22)20-9-6-10-21(2)3/h7-8,12-13H,5-6,9-11H2,1-4H3,(H,20,22)/b8-7+. The van der Waals surface area contributed by atoms with Crippen LogP contribution in [0.3, 0.4) is 0 Å². The molecule has 24 heavy (non-hydrogen) atoms. The average Bonchev–Trinajstić information content (AvgIpc) is 2.55. The highest BCUT2D eigenvalue weighted by molar-refractivity contribution is 6.32. The fourth-order valence-corrected chi connectivity index (χ4v) is 2.29. The highest BCUT2D eigenvalue weighted by Crippen LogP contribution is 2.36. The van der Waals surface area contributed by atoms with Crippen LogP contribution >= 0.6 is 11.6 Å². The van der Waals surface area contributed by atoms with Crippen LogP contribution in [0, 0.1) is 0 Å². The first-order valence-corrected chi connectivity index (χ1v) is 8.46. The Morgan fingerprint density at radius 1 is 1.38 bits per heavy atom. The van der Waals surface area contributed by atoms with Crippen LogP contribution in [-0.4, -0.2) is 51.7 Å². The molecular formula is C18H27ClN2O3. The van der Waals surface area contributed by atoms with Crippen molar-refractivity contribution in [3.63, 3.8) is 0 Å². The minimum Gasteiger partial charge on any atom is -0.493 e. The summed E-state index contributed by atoms with van der Waals surface area (Å²) < 4.78 is 10.9. The number of rotatable bonds is 10. The molecule has 134 valence electrons. The third kappa shape index (κ3) is 7.23. The first-order chi connectivity index (χ1) is 11.5. The maximum atomic E-state index is 11.8. The van der Waals surface area contributed by atoms with Crippen LogP contribution in [0.1, 0.15) is 25.3 Å². The topological polar surface area (TPSA) is 50.8 Å². The molecular weight excluding hydrogens is 328 g/mol. The fraction of sp³-hybridized carbons (Fsp3) is 0.500. The van der Waals surface area contributed by atoms with Crippen molar-refractivity contribution in [2.75, 3.05) is 40.9 Å². The first-order valence-electron chi connectivity index (χ1n) is 8.08. The van der Waals surface area contributed by atoms with E-state index in [1.165, 1.54) is 6.08 Å². The predicted molar refractivity (Wildman–Crippen MR) is 99.0 cm³/mol. The van der Waals surface area contributed by atoms with E-state index in [4.69, 9.17) is 21.1 Å². The number of carbonyl (C=O) groups is 1. The molecule has 0 fully saturated rings. The smallest absolute Gasteiger partial charge is 0.243 e. The van der Waals surface area contributed by atoms with Crippen molar-refractivity contribution < 1.29 is 14.3 Å². The third-order valence-corrected chi connectivity index (χ3v) is 3.49. The van der Waals surface area contributed by atoms with E-state index in [9.17, 15) is 4.79 Å². The zero-order chi connectivity index (χ0) is 17.9. The molecule has 1 rings (SSSR count). The number of hydrogen-bond acceptors (Lipinski definition) is 4. The molecule has 0 aliphatic rings. The maximum absolute atomic E-state index is 11.8. The Bertz CT molecular complexity index is 559. The van der Waals surface area contributed by atoms with Gasteiger partial charge in [0, 0.05) is 12.6 Å². The van der Waals surface area contributed by atoms with Crippen LogP contribution in [0.25, 0.3) is 6.08 Å². The van der Waals surface area contributed by atoms with Crippen LogP contribution < -0.4 is 14.8 Å². The molecule has 1 N–H and O–H groups in total. The summed E-state index contributed by atoms with van der Waals surface area (Å²) in [6.45, 7) is 4.18. The second kappa shape index (κ2) is 10.9. The van der Waals surface area contributed by atoms with Gasteiger partial charge in [0.25, 0.3) is 0 Å². The quantitative estimate of drug-likeness (QED) is 0.517. The Kier molecular flexibility index (Phi) is 9.27. The van der Waals surface area contributed by atoms with Gasteiger partial charge in [-0.05, 0) is 57.3 Å². The zero-order valence-corrected chi connectivity index (χ0v) is 15.7. The van der Waals surface area contributed by atoms with Gasteiger partial charge in [0.15, 0.2) is 11.5 Å². The van der Waals surface area contributed by atoms with E-state index < -0.39 is 0 Å². The Morgan fingerprint density at radius 3 is 2.75 bits per heavy atom. The van der Waals surface area contributed by atoms with Gasteiger partial charge >= 0.3 is 0 Å². The van der Waals surface area contributed by atoms with E-state index in [1.54, 1.807) is 25.3 Å². The summed E-state index contributed by atoms with van der Waals surface area (Å²) >= 11 is 6.25. The predicted octanol–water partition coefficient (Wildman–Crippen LogP) is 3.22. The molecule has 0 saturated carbocycles. The van der Waals surface area contributed by atoms with E-state index in [0.29, 0.717) is 29.7 Å². The lowest BCUT2D eigenvalue weighted by molar-refractivity contribution is -0.116. The molecule has 0 atom stereocenters. The van der Waals surface area contributed by atoms with Crippen LogP contribution in [0.2, 0.25) is 5.02 Å². The van der Waals surface area contributed by atoms with Crippen molar-refractivity contribution in [2.45, 2.75) is 19.8 Å². The molecule has 0 saturated heterocycles. The molecule has 0 unspecified atom stereocenters. The number of methoxy groups -OCH3 is 1. The number of halogens is 1. The number of hydrogen-bond donors (Lipinski definition) is 1. The van der Waals surface area contributed by atoms with E-state index >= 15 is 0 Å². The van der Waals surface area contributed by atoms with Crippen LogP contribution in [0.15, 0.2) is 18.2 Å². The number of nitrogens with one attached hydrogen (secondary N) is 1. The number of nitrogens with zero attached hydrogens (tertiary/aromatic N) is 1. The SMILES string of the molecule is CCCOc1c(Cl)cc(/C=C/C(=O)NCCCN(C)C)cc1OC. The number of carbonyl (C=O) groups excluding carboxylic acids is 1. The second-order valence-electron chi connectivity index (χ2n) is 5.66. The Hall–Kier alpha value is -1.72. The summed E-state index contributed by atoms with van der Waals surface area (Å²) in [5.41, 5.74) is 0.782. The summed E-state index contributed by atoms with van der Waals surface area (Å²) in [5, 5.41) is 3.32. The molecule has 5 nitrogen and oxygen atoms in total. The van der Waals surface area contributed by atoms with E-state index in [2.05, 4.69) is 10.2 Å². The van der Waals surface area contributed by atoms with E-state index in [0.717, 1.165) is 24.9 Å².